The van der Waals surface area contributed by atoms with Gasteiger partial charge in [-0.25, -0.2) is 26.6 Å². The van der Waals surface area contributed by atoms with Crippen LogP contribution in [0.25, 0.3) is 0 Å². The largest absolute Gasteiger partial charge is 0.465 e. The Labute approximate surface area is 300 Å². The smallest absolute Gasteiger partial charge is 0.416 e. The molecule has 51 heavy (non-hydrogen) atoms. The first-order valence-electron chi connectivity index (χ1n) is 17.1. The minimum atomic E-state index is -4.01. The lowest BCUT2D eigenvalue weighted by atomic mass is 10.0. The predicted octanol–water partition coefficient (Wildman–Crippen LogP) is 2.16. The fraction of sp³-hybridized carbons (Fsp3) is 0.588. The number of sulfonamides is 1. The number of aromatic nitrogens is 1. The second kappa shape index (κ2) is 16.8. The zero-order valence-corrected chi connectivity index (χ0v) is 31.4. The van der Waals surface area contributed by atoms with Crippen molar-refractivity contribution in [2.45, 2.75) is 93.9 Å². The second-order valence-corrected chi connectivity index (χ2v) is 17.7. The number of nitrogens with zero attached hydrogens (tertiary/aromatic N) is 3. The number of esters is 1. The van der Waals surface area contributed by atoms with E-state index < -0.39 is 55.7 Å². The molecule has 17 heteroatoms. The normalized spacial score (nSPS) is 16.8. The van der Waals surface area contributed by atoms with Gasteiger partial charge >= 0.3 is 12.1 Å². The first-order valence-corrected chi connectivity index (χ1v) is 20.4. The predicted molar refractivity (Wildman–Crippen MR) is 188 cm³/mol. The molecule has 1 aromatic carbocycles. The summed E-state index contributed by atoms with van der Waals surface area (Å²) in [5.41, 5.74) is 1.17. The molecule has 0 saturated carbocycles. The summed E-state index contributed by atoms with van der Waals surface area (Å²) in [6, 6.07) is 7.89. The van der Waals surface area contributed by atoms with Gasteiger partial charge in [-0.2, -0.15) is 4.31 Å². The summed E-state index contributed by atoms with van der Waals surface area (Å²) in [7, 11) is -7.63. The number of aryl methyl sites for hydroxylation is 2. The minimum Gasteiger partial charge on any atom is -0.465 e. The number of unbranched alkanes of at least 4 members (excludes halogenated alkanes) is 1. The summed E-state index contributed by atoms with van der Waals surface area (Å²) in [4.78, 5) is 44.1. The number of carbonyl (C=O) groups excluding carboxylic acids is 3. The Kier molecular flexibility index (Phi) is 13.2. The topological polar surface area (TPSA) is 202 Å². The van der Waals surface area contributed by atoms with Gasteiger partial charge in [0, 0.05) is 50.5 Å². The molecule has 1 fully saturated rings. The van der Waals surface area contributed by atoms with Gasteiger partial charge in [0.15, 0.2) is 9.84 Å². The van der Waals surface area contributed by atoms with E-state index in [1.165, 1.54) is 18.2 Å². The number of sulfone groups is 1. The molecule has 2 atom stereocenters. The van der Waals surface area contributed by atoms with Crippen LogP contribution in [0.3, 0.4) is 0 Å². The Morgan fingerprint density at radius 3 is 2.43 bits per heavy atom. The van der Waals surface area contributed by atoms with Crippen LogP contribution in [-0.2, 0) is 51.8 Å². The summed E-state index contributed by atoms with van der Waals surface area (Å²) < 4.78 is 61.7. The number of carbonyl (C=O) groups is 3. The highest BCUT2D eigenvalue weighted by molar-refractivity contribution is 7.91. The molecule has 4 rings (SSSR count). The number of benzene rings is 1. The lowest BCUT2D eigenvalue weighted by Crippen LogP contribution is -2.61. The molecule has 2 amide bonds. The first-order chi connectivity index (χ1) is 23.9. The summed E-state index contributed by atoms with van der Waals surface area (Å²) in [6.45, 7) is 7.40. The molecule has 0 radical (unpaired) electrons. The van der Waals surface area contributed by atoms with E-state index in [1.807, 2.05) is 32.9 Å². The van der Waals surface area contributed by atoms with E-state index in [0.29, 0.717) is 31.6 Å². The number of amides is 2. The quantitative estimate of drug-likeness (QED) is 0.136. The fourth-order valence-corrected chi connectivity index (χ4v) is 8.03. The number of ether oxygens (including phenoxy) is 2. The molecule has 1 aromatic heterocycles. The Balaban J connectivity index is 1.24. The number of hydrogen-bond donors (Lipinski definition) is 3. The zero-order valence-electron chi connectivity index (χ0n) is 29.8. The van der Waals surface area contributed by atoms with Crippen LogP contribution in [0.5, 0.6) is 0 Å². The minimum absolute atomic E-state index is 0.0698. The number of anilines is 1. The monoisotopic (exact) mass is 751 g/mol. The van der Waals surface area contributed by atoms with Crippen LogP contribution < -0.4 is 15.5 Å². The van der Waals surface area contributed by atoms with Crippen LogP contribution in [0.1, 0.15) is 64.6 Å². The Bertz CT molecular complexity index is 1790. The number of rotatable bonds is 15. The van der Waals surface area contributed by atoms with Crippen molar-refractivity contribution in [3.8, 4) is 0 Å². The molecule has 3 heterocycles. The first kappa shape index (κ1) is 40.1. The van der Waals surface area contributed by atoms with E-state index >= 15 is 0 Å². The maximum absolute atomic E-state index is 13.1. The van der Waals surface area contributed by atoms with Crippen LogP contribution in [0.2, 0.25) is 0 Å². The van der Waals surface area contributed by atoms with Gasteiger partial charge in [0.1, 0.15) is 23.7 Å². The molecule has 3 N–H and O–H groups in total. The number of hydrogen-bond acceptors (Lipinski definition) is 12. The molecular formula is C34H49N5O10S2. The Morgan fingerprint density at radius 1 is 1.06 bits per heavy atom. The van der Waals surface area contributed by atoms with Crippen molar-refractivity contribution in [3.05, 3.63) is 47.7 Å². The van der Waals surface area contributed by atoms with E-state index in [2.05, 4.69) is 10.6 Å². The SMILES string of the molecule is CCOC(=O)C(CNC(=O)CCCCc1ccc2c(n1)N(C(=O)OC(C)(C)C)CCC2)NC(O)C1CN(S(=O)(=O)c2cccc(S(C)(=O)=O)c2)C1. The molecular weight excluding hydrogens is 703 g/mol. The van der Waals surface area contributed by atoms with Crippen LogP contribution in [0, 0.1) is 5.92 Å². The van der Waals surface area contributed by atoms with Crippen LogP contribution in [0.15, 0.2) is 46.2 Å². The van der Waals surface area contributed by atoms with E-state index in [4.69, 9.17) is 14.5 Å². The van der Waals surface area contributed by atoms with Crippen LogP contribution in [-0.4, -0.2) is 106 Å². The molecule has 1 saturated heterocycles. The van der Waals surface area contributed by atoms with Crippen molar-refractivity contribution in [2.24, 2.45) is 5.92 Å². The van der Waals surface area contributed by atoms with Gasteiger partial charge in [-0.1, -0.05) is 12.1 Å². The van der Waals surface area contributed by atoms with Gasteiger partial charge < -0.3 is 19.9 Å². The molecule has 2 aliphatic rings. The number of nitrogens with one attached hydrogen (secondary N) is 2. The van der Waals surface area contributed by atoms with E-state index in [0.717, 1.165) is 40.7 Å². The molecule has 2 unspecified atom stereocenters. The second-order valence-electron chi connectivity index (χ2n) is 13.8. The maximum Gasteiger partial charge on any atom is 0.416 e. The third kappa shape index (κ3) is 10.9. The lowest BCUT2D eigenvalue weighted by molar-refractivity contribution is -0.147. The maximum atomic E-state index is 13.1. The summed E-state index contributed by atoms with van der Waals surface area (Å²) in [5.74, 6) is -0.940. The van der Waals surface area contributed by atoms with E-state index in [9.17, 15) is 36.3 Å². The van der Waals surface area contributed by atoms with Gasteiger partial charge in [-0.3, -0.25) is 19.8 Å². The van der Waals surface area contributed by atoms with Crippen molar-refractivity contribution in [1.82, 2.24) is 19.9 Å². The number of aliphatic hydroxyl groups excluding tert-OH is 1. The van der Waals surface area contributed by atoms with E-state index in [-0.39, 0.29) is 48.4 Å². The molecule has 2 aliphatic heterocycles. The van der Waals surface area contributed by atoms with Crippen LogP contribution in [0.4, 0.5) is 10.6 Å². The number of aliphatic hydroxyl groups is 1. The Hall–Kier alpha value is -3.64. The summed E-state index contributed by atoms with van der Waals surface area (Å²) in [5, 5.41) is 16.3. The van der Waals surface area contributed by atoms with Crippen LogP contribution >= 0.6 is 0 Å². The van der Waals surface area contributed by atoms with Crippen molar-refractivity contribution in [1.29, 1.82) is 0 Å². The molecule has 0 spiro atoms. The zero-order chi connectivity index (χ0) is 37.6. The lowest BCUT2D eigenvalue weighted by Gasteiger charge is -2.41. The molecule has 0 bridgehead atoms. The van der Waals surface area contributed by atoms with Gasteiger partial charge in [-0.15, -0.1) is 0 Å². The highest BCUT2D eigenvalue weighted by Gasteiger charge is 2.41. The molecule has 282 valence electrons. The fourth-order valence-electron chi connectivity index (χ4n) is 5.68. The third-order valence-corrected chi connectivity index (χ3v) is 11.4. The average Bonchev–Trinajstić information content (AvgIpc) is 3.02. The summed E-state index contributed by atoms with van der Waals surface area (Å²) in [6.07, 6.45) is 2.90. The van der Waals surface area contributed by atoms with E-state index in [1.54, 1.807) is 11.8 Å². The summed E-state index contributed by atoms with van der Waals surface area (Å²) >= 11 is 0. The van der Waals surface area contributed by atoms with Crippen molar-refractivity contribution in [3.63, 3.8) is 0 Å². The number of fused-ring (bicyclic) bond motifs is 1. The number of pyridine rings is 1. The Morgan fingerprint density at radius 2 is 1.76 bits per heavy atom. The van der Waals surface area contributed by atoms with Gasteiger partial charge in [0.25, 0.3) is 0 Å². The van der Waals surface area contributed by atoms with Gasteiger partial charge in [0.2, 0.25) is 15.9 Å². The van der Waals surface area contributed by atoms with Crippen molar-refractivity contribution < 1.29 is 45.8 Å². The third-order valence-electron chi connectivity index (χ3n) is 8.44. The van der Waals surface area contributed by atoms with Gasteiger partial charge in [-0.05, 0) is 89.6 Å². The molecule has 0 aliphatic carbocycles. The van der Waals surface area contributed by atoms with Gasteiger partial charge in [0.05, 0.1) is 16.4 Å². The molecule has 15 nitrogen and oxygen atoms in total. The standard InChI is InChI=1S/C34H49N5O10S2/c1-6-48-32(42)28(37-31(41)24-21-38(22-24)51(46,47)27-14-9-13-26(19-27)50(5,44)45)20-35-29(40)15-8-7-12-25-17-16-23-11-10-18-39(30(23)36-25)33(43)49-34(2,3)4/h9,13-14,16-17,19,24,28,31,37,41H,6-8,10-12,15,18,20-22H2,1-5H3,(H,35,40). The highest BCUT2D eigenvalue weighted by Crippen LogP contribution is 2.29. The molecule has 2 aromatic rings. The highest BCUT2D eigenvalue weighted by atomic mass is 32.2. The average molecular weight is 752 g/mol. The van der Waals surface area contributed by atoms with Crippen molar-refractivity contribution in [2.75, 3.05) is 43.9 Å². The van der Waals surface area contributed by atoms with Crippen molar-refractivity contribution >= 4 is 43.6 Å².